The standard InChI is InChI=1S/C22H22ClF2N5O2/c23-19-4-2-17-20(28-19)29-22(21(27-17)26-14-7-10-31-12-14)30-8-5-15(6-9-30)32-18-3-1-13(24)11-16(18)25/h1-4,11,14-15H,5-10,12H2,(H,26,27)/t14-/m1/s1. The molecular weight excluding hydrogens is 440 g/mol. The number of benzene rings is 1. The molecule has 1 aromatic carbocycles. The molecule has 32 heavy (non-hydrogen) atoms. The molecule has 0 spiro atoms. The zero-order valence-corrected chi connectivity index (χ0v) is 18.0. The van der Waals surface area contributed by atoms with Gasteiger partial charge in [0.15, 0.2) is 28.8 Å². The van der Waals surface area contributed by atoms with Gasteiger partial charge in [0.05, 0.1) is 12.6 Å². The largest absolute Gasteiger partial charge is 0.487 e. The number of nitrogens with zero attached hydrogens (tertiary/aromatic N) is 4. The highest BCUT2D eigenvalue weighted by atomic mass is 35.5. The van der Waals surface area contributed by atoms with E-state index in [2.05, 4.69) is 15.2 Å². The van der Waals surface area contributed by atoms with Gasteiger partial charge in [-0.25, -0.2) is 23.7 Å². The summed E-state index contributed by atoms with van der Waals surface area (Å²) in [7, 11) is 0. The molecule has 2 aliphatic heterocycles. The molecule has 0 aliphatic carbocycles. The average molecular weight is 462 g/mol. The third kappa shape index (κ3) is 4.54. The van der Waals surface area contributed by atoms with Crippen molar-refractivity contribution in [2.45, 2.75) is 31.4 Å². The zero-order valence-electron chi connectivity index (χ0n) is 17.2. The minimum absolute atomic E-state index is 0.0674. The normalized spacial score (nSPS) is 19.5. The van der Waals surface area contributed by atoms with Gasteiger partial charge in [0.25, 0.3) is 0 Å². The van der Waals surface area contributed by atoms with E-state index >= 15 is 0 Å². The van der Waals surface area contributed by atoms with Gasteiger partial charge in [-0.05, 0) is 30.7 Å². The number of rotatable bonds is 5. The summed E-state index contributed by atoms with van der Waals surface area (Å²) in [5.41, 5.74) is 1.14. The summed E-state index contributed by atoms with van der Waals surface area (Å²) in [5.74, 6) is 0.131. The SMILES string of the molecule is Fc1ccc(OC2CCN(c3nc4nc(Cl)ccc4nc3N[C@@H]3CCOC3)CC2)c(F)c1. The summed E-state index contributed by atoms with van der Waals surface area (Å²) in [6.07, 6.45) is 2.04. The molecular formula is C22H22ClF2N5O2. The van der Waals surface area contributed by atoms with E-state index in [1.54, 1.807) is 12.1 Å². The fourth-order valence-corrected chi connectivity index (χ4v) is 4.15. The highest BCUT2D eigenvalue weighted by Crippen LogP contribution is 2.30. The Kier molecular flexibility index (Phi) is 5.93. The van der Waals surface area contributed by atoms with Crippen molar-refractivity contribution in [1.82, 2.24) is 15.0 Å². The van der Waals surface area contributed by atoms with E-state index in [9.17, 15) is 8.78 Å². The Labute approximate surface area is 188 Å². The molecule has 0 radical (unpaired) electrons. The zero-order chi connectivity index (χ0) is 22.1. The number of piperidine rings is 1. The topological polar surface area (TPSA) is 72.4 Å². The average Bonchev–Trinajstić information content (AvgIpc) is 3.29. The number of hydrogen-bond acceptors (Lipinski definition) is 7. The summed E-state index contributed by atoms with van der Waals surface area (Å²) < 4.78 is 38.4. The summed E-state index contributed by atoms with van der Waals surface area (Å²) in [5, 5.41) is 3.82. The molecule has 2 aromatic heterocycles. The predicted octanol–water partition coefficient (Wildman–Crippen LogP) is 4.21. The van der Waals surface area contributed by atoms with Crippen LogP contribution in [0.5, 0.6) is 5.75 Å². The van der Waals surface area contributed by atoms with Crippen LogP contribution in [0.3, 0.4) is 0 Å². The number of aromatic nitrogens is 3. The molecule has 0 unspecified atom stereocenters. The molecule has 0 bridgehead atoms. The fraction of sp³-hybridized carbons (Fsp3) is 0.409. The monoisotopic (exact) mass is 461 g/mol. The van der Waals surface area contributed by atoms with Crippen molar-refractivity contribution in [2.24, 2.45) is 0 Å². The number of fused-ring (bicyclic) bond motifs is 1. The maximum absolute atomic E-state index is 13.9. The summed E-state index contributed by atoms with van der Waals surface area (Å²) in [4.78, 5) is 15.9. The van der Waals surface area contributed by atoms with Crippen molar-refractivity contribution < 1.29 is 18.3 Å². The summed E-state index contributed by atoms with van der Waals surface area (Å²) in [6, 6.07) is 7.02. The Balaban J connectivity index is 1.35. The van der Waals surface area contributed by atoms with Gasteiger partial charge in [0.2, 0.25) is 0 Å². The summed E-state index contributed by atoms with van der Waals surface area (Å²) >= 11 is 6.06. The molecule has 0 saturated carbocycles. The molecule has 4 heterocycles. The van der Waals surface area contributed by atoms with Crippen LogP contribution >= 0.6 is 11.6 Å². The molecule has 0 amide bonds. The maximum atomic E-state index is 13.9. The van der Waals surface area contributed by atoms with Crippen molar-refractivity contribution in [3.8, 4) is 5.75 Å². The lowest BCUT2D eigenvalue weighted by molar-refractivity contribution is 0.163. The van der Waals surface area contributed by atoms with Gasteiger partial charge >= 0.3 is 0 Å². The van der Waals surface area contributed by atoms with E-state index in [4.69, 9.17) is 31.0 Å². The Bertz CT molecular complexity index is 1120. The first-order valence-corrected chi connectivity index (χ1v) is 11.0. The van der Waals surface area contributed by atoms with E-state index < -0.39 is 11.6 Å². The highest BCUT2D eigenvalue weighted by molar-refractivity contribution is 6.29. The van der Waals surface area contributed by atoms with Crippen LogP contribution < -0.4 is 15.0 Å². The van der Waals surface area contributed by atoms with Crippen LogP contribution in [0, 0.1) is 11.6 Å². The number of hydrogen-bond donors (Lipinski definition) is 1. The Morgan fingerprint density at radius 2 is 1.91 bits per heavy atom. The lowest BCUT2D eigenvalue weighted by Crippen LogP contribution is -2.39. The van der Waals surface area contributed by atoms with Gasteiger partial charge in [-0.2, -0.15) is 0 Å². The van der Waals surface area contributed by atoms with Gasteiger partial charge in [-0.3, -0.25) is 0 Å². The number of ether oxygens (including phenoxy) is 2. The Morgan fingerprint density at radius 1 is 1.06 bits per heavy atom. The van der Waals surface area contributed by atoms with Gasteiger partial charge in [0.1, 0.15) is 22.6 Å². The van der Waals surface area contributed by atoms with E-state index in [1.165, 1.54) is 12.1 Å². The third-order valence-corrected chi connectivity index (χ3v) is 5.89. The van der Waals surface area contributed by atoms with Crippen molar-refractivity contribution >= 4 is 34.4 Å². The minimum Gasteiger partial charge on any atom is -0.487 e. The van der Waals surface area contributed by atoms with Crippen LogP contribution in [0.2, 0.25) is 5.15 Å². The quantitative estimate of drug-likeness (QED) is 0.571. The van der Waals surface area contributed by atoms with Crippen LogP contribution in [-0.4, -0.2) is 53.4 Å². The predicted molar refractivity (Wildman–Crippen MR) is 117 cm³/mol. The maximum Gasteiger partial charge on any atom is 0.181 e. The van der Waals surface area contributed by atoms with Crippen LogP contribution in [0.4, 0.5) is 20.4 Å². The van der Waals surface area contributed by atoms with Crippen LogP contribution in [0.15, 0.2) is 30.3 Å². The lowest BCUT2D eigenvalue weighted by Gasteiger charge is -2.34. The van der Waals surface area contributed by atoms with E-state index in [-0.39, 0.29) is 17.9 Å². The third-order valence-electron chi connectivity index (χ3n) is 5.68. The fourth-order valence-electron chi connectivity index (χ4n) is 4.01. The van der Waals surface area contributed by atoms with Crippen LogP contribution in [0.1, 0.15) is 19.3 Å². The molecule has 10 heteroatoms. The van der Waals surface area contributed by atoms with Crippen LogP contribution in [-0.2, 0) is 4.74 Å². The van der Waals surface area contributed by atoms with Crippen molar-refractivity contribution in [3.63, 3.8) is 0 Å². The van der Waals surface area contributed by atoms with Crippen molar-refractivity contribution in [1.29, 1.82) is 0 Å². The summed E-state index contributed by atoms with van der Waals surface area (Å²) in [6.45, 7) is 2.62. The van der Waals surface area contributed by atoms with Crippen LogP contribution in [0.25, 0.3) is 11.2 Å². The van der Waals surface area contributed by atoms with E-state index in [0.717, 1.165) is 12.5 Å². The van der Waals surface area contributed by atoms with Gasteiger partial charge < -0.3 is 19.7 Å². The molecule has 1 atom stereocenters. The van der Waals surface area contributed by atoms with E-state index in [1.807, 2.05) is 0 Å². The first-order chi connectivity index (χ1) is 15.5. The second-order valence-corrected chi connectivity index (χ2v) is 8.34. The Morgan fingerprint density at radius 3 is 2.66 bits per heavy atom. The molecule has 1 N–H and O–H groups in total. The number of pyridine rings is 1. The second kappa shape index (κ2) is 8.99. The molecule has 3 aromatic rings. The molecule has 2 aliphatic rings. The molecule has 168 valence electrons. The first kappa shape index (κ1) is 21.1. The molecule has 2 saturated heterocycles. The molecule has 2 fully saturated rings. The lowest BCUT2D eigenvalue weighted by atomic mass is 10.1. The van der Waals surface area contributed by atoms with Gasteiger partial charge in [0, 0.05) is 38.6 Å². The molecule has 5 rings (SSSR count). The number of halogens is 3. The number of nitrogens with one attached hydrogen (secondary N) is 1. The smallest absolute Gasteiger partial charge is 0.181 e. The second-order valence-electron chi connectivity index (χ2n) is 7.96. The first-order valence-electron chi connectivity index (χ1n) is 10.6. The van der Waals surface area contributed by atoms with Crippen molar-refractivity contribution in [3.05, 3.63) is 47.1 Å². The molecule has 7 nitrogen and oxygen atoms in total. The van der Waals surface area contributed by atoms with E-state index in [0.29, 0.717) is 67.1 Å². The minimum atomic E-state index is -0.693. The Hall–Kier alpha value is -2.78. The van der Waals surface area contributed by atoms with Gasteiger partial charge in [-0.1, -0.05) is 11.6 Å². The van der Waals surface area contributed by atoms with Gasteiger partial charge in [-0.15, -0.1) is 0 Å². The van der Waals surface area contributed by atoms with Crippen molar-refractivity contribution in [2.75, 3.05) is 36.5 Å². The number of anilines is 2. The highest BCUT2D eigenvalue weighted by Gasteiger charge is 2.27.